The summed E-state index contributed by atoms with van der Waals surface area (Å²) in [5.74, 6) is 0.528. The quantitative estimate of drug-likeness (QED) is 0.384. The van der Waals surface area contributed by atoms with Crippen molar-refractivity contribution in [3.8, 4) is 16.9 Å². The maximum Gasteiger partial charge on any atom is 0.409 e. The summed E-state index contributed by atoms with van der Waals surface area (Å²) in [4.78, 5) is 29.2. The topological polar surface area (TPSA) is 121 Å². The fraction of sp³-hybridized carbons (Fsp3) is 0.167. The van der Waals surface area contributed by atoms with Crippen molar-refractivity contribution in [1.82, 2.24) is 19.5 Å². The van der Waals surface area contributed by atoms with Crippen molar-refractivity contribution >= 4 is 35.0 Å². The lowest BCUT2D eigenvalue weighted by Gasteiger charge is -2.34. The Hall–Kier alpha value is -4.67. The zero-order chi connectivity index (χ0) is 24.5. The third kappa shape index (κ3) is 4.56. The maximum absolute atomic E-state index is 13.1. The second-order valence-electron chi connectivity index (χ2n) is 8.01. The van der Waals surface area contributed by atoms with Crippen LogP contribution < -0.4 is 15.4 Å². The summed E-state index contributed by atoms with van der Waals surface area (Å²) in [7, 11) is 1.50. The molecule has 5 rings (SSSR count). The molecule has 3 heterocycles. The number of alkyl halides is 1. The average Bonchev–Trinajstić information content (AvgIpc) is 3.23. The Balaban J connectivity index is 1.35. The summed E-state index contributed by atoms with van der Waals surface area (Å²) < 4.78 is 20.2. The first-order valence-electron chi connectivity index (χ1n) is 10.7. The van der Waals surface area contributed by atoms with E-state index in [2.05, 4.69) is 20.7 Å². The second kappa shape index (κ2) is 8.93. The highest BCUT2D eigenvalue weighted by atomic mass is 19.1. The smallest absolute Gasteiger partial charge is 0.409 e. The number of methoxy groups -OCH3 is 1. The van der Waals surface area contributed by atoms with E-state index in [1.165, 1.54) is 12.0 Å². The molecule has 11 heteroatoms. The van der Waals surface area contributed by atoms with Gasteiger partial charge in [0.1, 0.15) is 11.9 Å². The number of hydrogen-bond donors (Lipinski definition) is 3. The molecule has 1 aliphatic rings. The minimum Gasteiger partial charge on any atom is -0.495 e. The number of carboxylic acid groups (broad SMARTS) is 1. The van der Waals surface area contributed by atoms with Crippen LogP contribution in [0.2, 0.25) is 0 Å². The Morgan fingerprint density at radius 2 is 1.83 bits per heavy atom. The first kappa shape index (κ1) is 22.1. The number of likely N-dealkylation sites (tertiary alicyclic amines) is 1. The molecule has 0 spiro atoms. The number of nitrogens with one attached hydrogen (secondary N) is 2. The number of carbonyl (C=O) groups excluding carboxylic acids is 1. The molecule has 1 saturated heterocycles. The van der Waals surface area contributed by atoms with Crippen molar-refractivity contribution in [3.63, 3.8) is 0 Å². The Bertz CT molecular complexity index is 1420. The lowest BCUT2D eigenvalue weighted by Crippen LogP contribution is -2.51. The molecule has 0 unspecified atom stereocenters. The number of fused-ring (bicyclic) bond motifs is 1. The Kier molecular flexibility index (Phi) is 5.65. The number of pyridine rings is 1. The zero-order valence-electron chi connectivity index (χ0n) is 18.6. The van der Waals surface area contributed by atoms with Crippen LogP contribution in [0.5, 0.6) is 5.75 Å². The van der Waals surface area contributed by atoms with Crippen LogP contribution in [0, 0.1) is 0 Å². The highest BCUT2D eigenvalue weighted by Crippen LogP contribution is 2.30. The van der Waals surface area contributed by atoms with Gasteiger partial charge in [-0.25, -0.2) is 13.7 Å². The van der Waals surface area contributed by atoms with Crippen molar-refractivity contribution < 1.29 is 23.8 Å². The number of anilines is 3. The van der Waals surface area contributed by atoms with Crippen LogP contribution in [0.25, 0.3) is 16.8 Å². The number of rotatable bonds is 6. The minimum atomic E-state index is -1.12. The van der Waals surface area contributed by atoms with Gasteiger partial charge in [-0.1, -0.05) is 12.1 Å². The normalized spacial score (nSPS) is 13.4. The third-order valence-electron chi connectivity index (χ3n) is 5.62. The van der Waals surface area contributed by atoms with E-state index in [-0.39, 0.29) is 19.0 Å². The number of amides is 2. The largest absolute Gasteiger partial charge is 0.495 e. The van der Waals surface area contributed by atoms with Gasteiger partial charge in [-0.05, 0) is 48.0 Å². The number of hydrogen-bond acceptors (Lipinski definition) is 6. The van der Waals surface area contributed by atoms with Crippen LogP contribution in [-0.4, -0.2) is 63.0 Å². The van der Waals surface area contributed by atoms with Gasteiger partial charge >= 0.3 is 6.09 Å². The van der Waals surface area contributed by atoms with Gasteiger partial charge < -0.3 is 20.1 Å². The standard InChI is InChI=1S/C24H21FN6O4/c1-35-20-10-15(22(32)30-12-17(25)13-30)4-8-19(20)27-23-28-21-9-5-16(11-31(21)29-23)14-2-6-18(7-3-14)26-24(33)34/h2-11,17,26H,12-13H2,1H3,(H,27,29)(H,33,34). The van der Waals surface area contributed by atoms with E-state index >= 15 is 0 Å². The van der Waals surface area contributed by atoms with E-state index in [0.717, 1.165) is 11.1 Å². The number of benzene rings is 2. The maximum atomic E-state index is 13.1. The SMILES string of the molecule is COc1cc(C(=O)N2CC(F)C2)ccc1Nc1nc2ccc(-c3ccc(NC(=O)O)cc3)cn2n1. The van der Waals surface area contributed by atoms with E-state index < -0.39 is 12.3 Å². The molecule has 1 fully saturated rings. The molecular weight excluding hydrogens is 455 g/mol. The van der Waals surface area contributed by atoms with Crippen LogP contribution in [0.1, 0.15) is 10.4 Å². The summed E-state index contributed by atoms with van der Waals surface area (Å²) in [6.07, 6.45) is -0.264. The molecule has 10 nitrogen and oxygen atoms in total. The molecule has 2 aromatic carbocycles. The highest BCUT2D eigenvalue weighted by molar-refractivity contribution is 5.96. The molecule has 2 amide bonds. The predicted molar refractivity (Wildman–Crippen MR) is 127 cm³/mol. The summed E-state index contributed by atoms with van der Waals surface area (Å²) in [6.45, 7) is 0.218. The Morgan fingerprint density at radius 3 is 2.51 bits per heavy atom. The lowest BCUT2D eigenvalue weighted by molar-refractivity contribution is 0.0400. The minimum absolute atomic E-state index is 0.109. The molecule has 0 radical (unpaired) electrons. The second-order valence-corrected chi connectivity index (χ2v) is 8.01. The van der Waals surface area contributed by atoms with Crippen LogP contribution in [0.15, 0.2) is 60.8 Å². The Morgan fingerprint density at radius 1 is 1.09 bits per heavy atom. The number of aromatic nitrogens is 3. The fourth-order valence-corrected chi connectivity index (χ4v) is 3.80. The average molecular weight is 476 g/mol. The Labute approximate surface area is 199 Å². The molecule has 178 valence electrons. The molecule has 2 aromatic heterocycles. The summed E-state index contributed by atoms with van der Waals surface area (Å²) in [5.41, 5.74) is 3.84. The van der Waals surface area contributed by atoms with E-state index in [0.29, 0.717) is 34.3 Å². The monoisotopic (exact) mass is 476 g/mol. The van der Waals surface area contributed by atoms with Gasteiger partial charge in [0.25, 0.3) is 5.91 Å². The molecule has 3 N–H and O–H groups in total. The third-order valence-corrected chi connectivity index (χ3v) is 5.62. The van der Waals surface area contributed by atoms with Crippen molar-refractivity contribution in [1.29, 1.82) is 0 Å². The first-order chi connectivity index (χ1) is 16.9. The van der Waals surface area contributed by atoms with E-state index in [4.69, 9.17) is 9.84 Å². The molecular formula is C24H21FN6O4. The zero-order valence-corrected chi connectivity index (χ0v) is 18.6. The fourth-order valence-electron chi connectivity index (χ4n) is 3.80. The van der Waals surface area contributed by atoms with Crippen molar-refractivity contribution in [3.05, 3.63) is 66.4 Å². The van der Waals surface area contributed by atoms with Crippen LogP contribution in [0.3, 0.4) is 0 Å². The van der Waals surface area contributed by atoms with Gasteiger partial charge in [0, 0.05) is 23.0 Å². The van der Waals surface area contributed by atoms with Crippen LogP contribution in [-0.2, 0) is 0 Å². The molecule has 35 heavy (non-hydrogen) atoms. The number of nitrogens with zero attached hydrogens (tertiary/aromatic N) is 4. The van der Waals surface area contributed by atoms with Crippen LogP contribution in [0.4, 0.5) is 26.5 Å². The van der Waals surface area contributed by atoms with Gasteiger partial charge in [-0.15, -0.1) is 5.10 Å². The van der Waals surface area contributed by atoms with Crippen molar-refractivity contribution in [2.24, 2.45) is 0 Å². The molecule has 4 aromatic rings. The molecule has 1 aliphatic heterocycles. The molecule has 0 aliphatic carbocycles. The number of carbonyl (C=O) groups is 2. The van der Waals surface area contributed by atoms with E-state index in [9.17, 15) is 14.0 Å². The summed E-state index contributed by atoms with van der Waals surface area (Å²) in [6, 6.07) is 15.6. The molecule has 0 bridgehead atoms. The highest BCUT2D eigenvalue weighted by Gasteiger charge is 2.31. The van der Waals surface area contributed by atoms with E-state index in [1.54, 1.807) is 34.8 Å². The summed E-state index contributed by atoms with van der Waals surface area (Å²) >= 11 is 0. The molecule has 0 atom stereocenters. The predicted octanol–water partition coefficient (Wildman–Crippen LogP) is 4.03. The first-order valence-corrected chi connectivity index (χ1v) is 10.7. The summed E-state index contributed by atoms with van der Waals surface area (Å²) in [5, 5.41) is 18.7. The van der Waals surface area contributed by atoms with Gasteiger partial charge in [-0.3, -0.25) is 10.1 Å². The van der Waals surface area contributed by atoms with Gasteiger partial charge in [0.15, 0.2) is 5.65 Å². The van der Waals surface area contributed by atoms with Crippen molar-refractivity contribution in [2.45, 2.75) is 6.17 Å². The molecule has 0 saturated carbocycles. The van der Waals surface area contributed by atoms with Gasteiger partial charge in [-0.2, -0.15) is 4.98 Å². The van der Waals surface area contributed by atoms with E-state index in [1.807, 2.05) is 30.5 Å². The lowest BCUT2D eigenvalue weighted by atomic mass is 10.1. The van der Waals surface area contributed by atoms with Crippen LogP contribution >= 0.6 is 0 Å². The number of ether oxygens (including phenoxy) is 1. The van der Waals surface area contributed by atoms with Gasteiger partial charge in [0.2, 0.25) is 5.95 Å². The van der Waals surface area contributed by atoms with Gasteiger partial charge in [0.05, 0.1) is 25.9 Å². The number of halogens is 1. The van der Waals surface area contributed by atoms with Crippen molar-refractivity contribution in [2.75, 3.05) is 30.8 Å².